The minimum atomic E-state index is -0.347. The van der Waals surface area contributed by atoms with Crippen LogP contribution in [-0.4, -0.2) is 65.6 Å². The van der Waals surface area contributed by atoms with E-state index < -0.39 is 0 Å². The fourth-order valence-corrected chi connectivity index (χ4v) is 4.30. The van der Waals surface area contributed by atoms with Gasteiger partial charge in [-0.2, -0.15) is 5.10 Å². The topological polar surface area (TPSA) is 68.6 Å². The van der Waals surface area contributed by atoms with Gasteiger partial charge in [0.2, 0.25) is 5.91 Å². The van der Waals surface area contributed by atoms with E-state index in [1.165, 1.54) is 5.56 Å². The van der Waals surface area contributed by atoms with Crippen LogP contribution < -0.4 is 5.32 Å². The third kappa shape index (κ3) is 3.76. The smallest absolute Gasteiger partial charge is 0.239 e. The van der Waals surface area contributed by atoms with Crippen LogP contribution in [0.2, 0.25) is 0 Å². The van der Waals surface area contributed by atoms with Crippen LogP contribution in [0, 0.1) is 0 Å². The zero-order valence-electron chi connectivity index (χ0n) is 15.8. The van der Waals surface area contributed by atoms with Gasteiger partial charge in [0, 0.05) is 45.4 Å². The quantitative estimate of drug-likeness (QED) is 0.866. The van der Waals surface area contributed by atoms with E-state index in [0.29, 0.717) is 38.0 Å². The van der Waals surface area contributed by atoms with Crippen molar-refractivity contribution in [1.29, 1.82) is 0 Å². The lowest BCUT2D eigenvalue weighted by molar-refractivity contribution is -0.117. The van der Waals surface area contributed by atoms with Gasteiger partial charge in [-0.25, -0.2) is 0 Å². The Hall–Kier alpha value is -2.22. The Kier molecular flexibility index (Phi) is 4.99. The van der Waals surface area contributed by atoms with E-state index in [9.17, 15) is 4.79 Å². The lowest BCUT2D eigenvalue weighted by Gasteiger charge is -2.28. The van der Waals surface area contributed by atoms with Gasteiger partial charge in [0.05, 0.1) is 19.3 Å². The molecule has 27 heavy (non-hydrogen) atoms. The first kappa shape index (κ1) is 18.2. The van der Waals surface area contributed by atoms with E-state index in [-0.39, 0.29) is 17.6 Å². The summed E-state index contributed by atoms with van der Waals surface area (Å²) in [4.78, 5) is 14.5. The van der Waals surface area contributed by atoms with Crippen LogP contribution in [0.4, 0.5) is 5.82 Å². The Balaban J connectivity index is 1.39. The number of ether oxygens (including phenoxy) is 2. The molecule has 3 heterocycles. The zero-order valence-corrected chi connectivity index (χ0v) is 15.8. The van der Waals surface area contributed by atoms with E-state index in [1.54, 1.807) is 24.1 Å². The molecule has 0 bridgehead atoms. The first-order chi connectivity index (χ1) is 13.1. The first-order valence-corrected chi connectivity index (χ1v) is 9.31. The minimum absolute atomic E-state index is 0.0335. The summed E-state index contributed by atoms with van der Waals surface area (Å²) in [5.74, 6) is 0.866. The largest absolute Gasteiger partial charge is 0.377 e. The van der Waals surface area contributed by atoms with Crippen molar-refractivity contribution in [2.75, 3.05) is 38.7 Å². The molecular formula is C20H26N4O3. The maximum Gasteiger partial charge on any atom is 0.239 e. The van der Waals surface area contributed by atoms with Crippen LogP contribution in [0.1, 0.15) is 17.9 Å². The fourth-order valence-electron chi connectivity index (χ4n) is 4.30. The van der Waals surface area contributed by atoms with E-state index in [4.69, 9.17) is 9.47 Å². The highest BCUT2D eigenvalue weighted by atomic mass is 16.6. The van der Waals surface area contributed by atoms with Crippen molar-refractivity contribution in [2.45, 2.75) is 24.0 Å². The molecule has 0 aliphatic carbocycles. The van der Waals surface area contributed by atoms with Crippen LogP contribution in [0.3, 0.4) is 0 Å². The van der Waals surface area contributed by atoms with Crippen molar-refractivity contribution in [2.24, 2.45) is 7.05 Å². The average Bonchev–Trinajstić information content (AvgIpc) is 3.36. The summed E-state index contributed by atoms with van der Waals surface area (Å²) in [6.07, 6.45) is 2.68. The second kappa shape index (κ2) is 7.42. The molecule has 2 saturated heterocycles. The Labute approximate surface area is 159 Å². The van der Waals surface area contributed by atoms with Crippen molar-refractivity contribution < 1.29 is 14.3 Å². The molecular weight excluding hydrogens is 344 g/mol. The number of aryl methyl sites for hydroxylation is 1. The van der Waals surface area contributed by atoms with Gasteiger partial charge in [-0.3, -0.25) is 14.4 Å². The van der Waals surface area contributed by atoms with Crippen molar-refractivity contribution in [3.63, 3.8) is 0 Å². The molecule has 0 saturated carbocycles. The third-order valence-electron chi connectivity index (χ3n) is 5.57. The Bertz CT molecular complexity index is 794. The molecule has 1 amide bonds. The fraction of sp³-hybridized carbons (Fsp3) is 0.500. The number of hydrogen-bond donors (Lipinski definition) is 1. The number of benzene rings is 1. The molecule has 0 unspecified atom stereocenters. The third-order valence-corrected chi connectivity index (χ3v) is 5.57. The van der Waals surface area contributed by atoms with E-state index >= 15 is 0 Å². The van der Waals surface area contributed by atoms with Gasteiger partial charge in [0.25, 0.3) is 0 Å². The molecule has 1 aromatic heterocycles. The molecule has 1 N–H and O–H groups in total. The summed E-state index contributed by atoms with van der Waals surface area (Å²) in [5.41, 5.74) is 0.955. The Morgan fingerprint density at radius 2 is 2.19 bits per heavy atom. The zero-order chi connectivity index (χ0) is 18.9. The molecule has 2 fully saturated rings. The number of hydrogen-bond acceptors (Lipinski definition) is 5. The molecule has 1 aromatic carbocycles. The highest BCUT2D eigenvalue weighted by Gasteiger charge is 2.53. The van der Waals surface area contributed by atoms with Gasteiger partial charge in [0.1, 0.15) is 5.60 Å². The molecule has 0 radical (unpaired) electrons. The molecule has 1 spiro atoms. The second-order valence-corrected chi connectivity index (χ2v) is 7.50. The van der Waals surface area contributed by atoms with Gasteiger partial charge < -0.3 is 14.8 Å². The maximum absolute atomic E-state index is 12.4. The molecule has 144 valence electrons. The number of rotatable bonds is 5. The predicted octanol–water partition coefficient (Wildman–Crippen LogP) is 1.63. The van der Waals surface area contributed by atoms with E-state index in [1.807, 2.05) is 13.1 Å². The number of carbonyl (C=O) groups excluding carboxylic acids is 1. The SMILES string of the molecule is CO[C@@H]1CN(CC(=O)Nc2ccn(C)n2)C[C@]12C[C@@H](c1ccccc1)CO2. The number of methoxy groups -OCH3 is 1. The standard InChI is InChI=1S/C20H26N4O3/c1-23-9-8-18(22-23)21-19(25)12-24-11-17(26-2)20(14-24)10-16(13-27-20)15-6-4-3-5-7-15/h3-9,16-17H,10-14H2,1-2H3,(H,21,22,25)/t16-,17-,20-/m1/s1. The minimum Gasteiger partial charge on any atom is -0.377 e. The van der Waals surface area contributed by atoms with Crippen LogP contribution in [0.5, 0.6) is 0 Å². The number of carbonyl (C=O) groups is 1. The average molecular weight is 370 g/mol. The number of likely N-dealkylation sites (tertiary alicyclic amines) is 1. The van der Waals surface area contributed by atoms with Gasteiger partial charge in [-0.15, -0.1) is 0 Å². The number of anilines is 1. The Morgan fingerprint density at radius 1 is 1.37 bits per heavy atom. The monoisotopic (exact) mass is 370 g/mol. The first-order valence-electron chi connectivity index (χ1n) is 9.31. The van der Waals surface area contributed by atoms with Crippen molar-refractivity contribution in [3.8, 4) is 0 Å². The second-order valence-electron chi connectivity index (χ2n) is 7.50. The number of amides is 1. The summed E-state index contributed by atoms with van der Waals surface area (Å²) in [6.45, 7) is 2.38. The number of aromatic nitrogens is 2. The normalized spacial score (nSPS) is 28.1. The van der Waals surface area contributed by atoms with Gasteiger partial charge in [0.15, 0.2) is 5.82 Å². The summed E-state index contributed by atoms with van der Waals surface area (Å²) in [5, 5.41) is 7.03. The molecule has 2 aliphatic rings. The van der Waals surface area contributed by atoms with E-state index in [0.717, 1.165) is 6.42 Å². The van der Waals surface area contributed by atoms with Crippen LogP contribution in [-0.2, 0) is 21.3 Å². The molecule has 7 nitrogen and oxygen atoms in total. The highest BCUT2D eigenvalue weighted by molar-refractivity contribution is 5.91. The summed E-state index contributed by atoms with van der Waals surface area (Å²) < 4.78 is 13.7. The maximum atomic E-state index is 12.4. The van der Waals surface area contributed by atoms with Gasteiger partial charge in [-0.05, 0) is 12.0 Å². The van der Waals surface area contributed by atoms with Crippen LogP contribution in [0.25, 0.3) is 0 Å². The van der Waals surface area contributed by atoms with Gasteiger partial charge >= 0.3 is 0 Å². The molecule has 3 atom stereocenters. The summed E-state index contributed by atoms with van der Waals surface area (Å²) >= 11 is 0. The number of nitrogens with one attached hydrogen (secondary N) is 1. The molecule has 2 aromatic rings. The Morgan fingerprint density at radius 3 is 2.89 bits per heavy atom. The molecule has 2 aliphatic heterocycles. The highest BCUT2D eigenvalue weighted by Crippen LogP contribution is 2.43. The lowest BCUT2D eigenvalue weighted by Crippen LogP contribution is -2.42. The van der Waals surface area contributed by atoms with Crippen LogP contribution >= 0.6 is 0 Å². The van der Waals surface area contributed by atoms with Crippen LogP contribution in [0.15, 0.2) is 42.6 Å². The van der Waals surface area contributed by atoms with E-state index in [2.05, 4.69) is 39.6 Å². The predicted molar refractivity (Wildman–Crippen MR) is 102 cm³/mol. The summed E-state index contributed by atoms with van der Waals surface area (Å²) in [6, 6.07) is 12.3. The molecule has 7 heteroatoms. The summed E-state index contributed by atoms with van der Waals surface area (Å²) in [7, 11) is 3.55. The van der Waals surface area contributed by atoms with Crippen molar-refractivity contribution in [1.82, 2.24) is 14.7 Å². The molecule has 4 rings (SSSR count). The lowest BCUT2D eigenvalue weighted by atomic mass is 9.87. The van der Waals surface area contributed by atoms with Gasteiger partial charge in [-0.1, -0.05) is 30.3 Å². The number of nitrogens with zero attached hydrogens (tertiary/aromatic N) is 3. The van der Waals surface area contributed by atoms with Crippen molar-refractivity contribution >= 4 is 11.7 Å². The van der Waals surface area contributed by atoms with Crippen molar-refractivity contribution in [3.05, 3.63) is 48.2 Å².